The van der Waals surface area contributed by atoms with Crippen molar-refractivity contribution < 1.29 is 14.6 Å². The number of benzene rings is 2. The van der Waals surface area contributed by atoms with Crippen LogP contribution < -0.4 is 16.5 Å². The molecule has 0 saturated carbocycles. The summed E-state index contributed by atoms with van der Waals surface area (Å²) in [4.78, 5) is 25.9. The molecular weight excluding hydrogens is 463 g/mol. The summed E-state index contributed by atoms with van der Waals surface area (Å²) >= 11 is 1.62. The summed E-state index contributed by atoms with van der Waals surface area (Å²) < 4.78 is 13.5. The minimum Gasteiger partial charge on any atom is -0.398 e. The van der Waals surface area contributed by atoms with Gasteiger partial charge in [0.25, 0.3) is 0 Å². The van der Waals surface area contributed by atoms with Crippen LogP contribution in [0.1, 0.15) is 28.0 Å². The molecule has 0 aliphatic heterocycles. The third-order valence-corrected chi connectivity index (χ3v) is 7.57. The predicted molar refractivity (Wildman–Crippen MR) is 137 cm³/mol. The Labute approximate surface area is 206 Å². The first-order valence-electron chi connectivity index (χ1n) is 11.4. The summed E-state index contributed by atoms with van der Waals surface area (Å²) in [6.07, 6.45) is 5.20. The Morgan fingerprint density at radius 3 is 2.97 bits per heavy atom. The third-order valence-electron chi connectivity index (χ3n) is 6.41. The van der Waals surface area contributed by atoms with Gasteiger partial charge < -0.3 is 16.0 Å². The summed E-state index contributed by atoms with van der Waals surface area (Å²) in [7, 11) is 1.78. The van der Waals surface area contributed by atoms with Crippen LogP contribution in [0, 0.1) is 11.7 Å². The largest absolute Gasteiger partial charge is 0.398 e. The van der Waals surface area contributed by atoms with E-state index in [0.29, 0.717) is 18.7 Å². The van der Waals surface area contributed by atoms with E-state index >= 15 is 0 Å². The number of thiophene rings is 1. The van der Waals surface area contributed by atoms with Crippen molar-refractivity contribution in [1.29, 1.82) is 0 Å². The molecule has 0 spiro atoms. The number of carbonyl (C=O) groups is 1. The number of nitrogen functional groups attached to an aromatic ring is 1. The normalized spacial score (nSPS) is 15.0. The molecule has 1 unspecified atom stereocenters. The first-order valence-corrected chi connectivity index (χ1v) is 12.2. The van der Waals surface area contributed by atoms with Gasteiger partial charge in [-0.2, -0.15) is 0 Å². The van der Waals surface area contributed by atoms with Gasteiger partial charge in [0.15, 0.2) is 6.21 Å². The number of fused-ring (bicyclic) bond motifs is 3. The Kier molecular flexibility index (Phi) is 6.17. The minimum atomic E-state index is -0.294. The van der Waals surface area contributed by atoms with E-state index < -0.39 is 0 Å². The van der Waals surface area contributed by atoms with Crippen LogP contribution in [0.4, 0.5) is 21.6 Å². The maximum Gasteiger partial charge on any atom is 0.226 e. The molecule has 9 heteroatoms. The van der Waals surface area contributed by atoms with E-state index in [1.165, 1.54) is 28.8 Å². The molecule has 5 rings (SSSR count). The lowest BCUT2D eigenvalue weighted by Crippen LogP contribution is -2.35. The predicted octanol–water partition coefficient (Wildman–Crippen LogP) is 3.10. The summed E-state index contributed by atoms with van der Waals surface area (Å²) in [5, 5.41) is 10.1. The second-order valence-electron chi connectivity index (χ2n) is 8.81. The molecule has 178 valence electrons. The van der Waals surface area contributed by atoms with Crippen molar-refractivity contribution in [2.75, 3.05) is 18.1 Å². The van der Waals surface area contributed by atoms with Crippen LogP contribution in [-0.4, -0.2) is 34.0 Å². The van der Waals surface area contributed by atoms with Crippen molar-refractivity contribution in [2.24, 2.45) is 5.92 Å². The van der Waals surface area contributed by atoms with E-state index in [-0.39, 0.29) is 17.6 Å². The average Bonchev–Trinajstić information content (AvgIpc) is 3.23. The summed E-state index contributed by atoms with van der Waals surface area (Å²) in [5.74, 6) is 0.401. The number of hydrogen-bond donors (Lipinski definition) is 3. The van der Waals surface area contributed by atoms with Crippen molar-refractivity contribution in [3.63, 3.8) is 0 Å². The van der Waals surface area contributed by atoms with Gasteiger partial charge in [-0.1, -0.05) is 12.1 Å². The number of nitrogens with two attached hydrogens (primary N) is 2. The van der Waals surface area contributed by atoms with Gasteiger partial charge in [-0.3, -0.25) is 10.2 Å². The number of nitrogens with zero attached hydrogens (tertiary/aromatic N) is 3. The number of nitrogens with one attached hydrogen (secondary N) is 1. The second kappa shape index (κ2) is 9.42. The summed E-state index contributed by atoms with van der Waals surface area (Å²) in [6, 6.07) is 11.9. The summed E-state index contributed by atoms with van der Waals surface area (Å²) in [6.45, 7) is 0.385. The summed E-state index contributed by atoms with van der Waals surface area (Å²) in [5.41, 5.74) is 10.1. The molecule has 2 heterocycles. The van der Waals surface area contributed by atoms with Gasteiger partial charge in [0.1, 0.15) is 22.8 Å². The van der Waals surface area contributed by atoms with Gasteiger partial charge in [-0.25, -0.2) is 14.4 Å². The third kappa shape index (κ3) is 4.59. The number of aromatic nitrogens is 2. The molecule has 0 saturated heterocycles. The maximum atomic E-state index is 13.5. The quantitative estimate of drug-likeness (QED) is 0.285. The first-order chi connectivity index (χ1) is 16.9. The Hall–Kier alpha value is -3.85. The number of carbonyl (C=O) groups excluding carboxylic acids is 1. The molecule has 5 N–H and O–H groups in total. The fraction of sp³-hybridized carbons (Fsp3) is 0.231. The number of hydrogen-bond acceptors (Lipinski definition) is 6. The van der Waals surface area contributed by atoms with E-state index in [2.05, 4.69) is 15.3 Å². The monoisotopic (exact) mass is 489 g/mol. The zero-order valence-corrected chi connectivity index (χ0v) is 20.1. The van der Waals surface area contributed by atoms with Crippen LogP contribution in [-0.2, 0) is 24.2 Å². The molecule has 1 amide bonds. The van der Waals surface area contributed by atoms with Gasteiger partial charge in [-0.05, 0) is 60.7 Å². The zero-order chi connectivity index (χ0) is 24.5. The maximum absolute atomic E-state index is 13.5. The Morgan fingerprint density at radius 1 is 1.31 bits per heavy atom. The number of halogens is 1. The molecule has 0 fully saturated rings. The lowest BCUT2D eigenvalue weighted by atomic mass is 9.87. The van der Waals surface area contributed by atoms with Crippen molar-refractivity contribution in [3.05, 3.63) is 76.2 Å². The molecule has 7 nitrogen and oxygen atoms in total. The van der Waals surface area contributed by atoms with Crippen molar-refractivity contribution >= 4 is 50.9 Å². The van der Waals surface area contributed by atoms with E-state index in [9.17, 15) is 9.18 Å². The SMILES string of the molecule is CN(Cc1cccc(F)c1)C(=O)C1CCc2c(sc3ncnc(Nc4ccc(N)c(C=[NH2+])c4)c23)C1. The highest BCUT2D eigenvalue weighted by Crippen LogP contribution is 2.41. The van der Waals surface area contributed by atoms with Crippen molar-refractivity contribution in [2.45, 2.75) is 25.8 Å². The number of anilines is 3. The van der Waals surface area contributed by atoms with E-state index in [0.717, 1.165) is 45.7 Å². The van der Waals surface area contributed by atoms with E-state index in [4.69, 9.17) is 11.1 Å². The molecular formula is C26H26FN6OS+. The second-order valence-corrected chi connectivity index (χ2v) is 9.89. The van der Waals surface area contributed by atoms with Crippen LogP contribution in [0.2, 0.25) is 0 Å². The Bertz CT molecular complexity index is 1430. The van der Waals surface area contributed by atoms with Crippen LogP contribution in [0.3, 0.4) is 0 Å². The van der Waals surface area contributed by atoms with E-state index in [1.54, 1.807) is 41.7 Å². The van der Waals surface area contributed by atoms with Crippen LogP contribution in [0.15, 0.2) is 48.8 Å². The molecule has 2 aromatic carbocycles. The molecule has 35 heavy (non-hydrogen) atoms. The average molecular weight is 490 g/mol. The standard InChI is InChI=1S/C26H25FN6OS/c1-33(13-15-3-2-4-18(27)9-15)26(34)16-5-7-20-22(11-16)35-25-23(20)24(30-14-31-25)32-19-6-8-21(29)17(10-19)12-28/h2-4,6,8-10,12,14,16,28H,5,7,11,13,29H2,1H3,(H,30,31,32)/p+1. The highest BCUT2D eigenvalue weighted by atomic mass is 32.1. The van der Waals surface area contributed by atoms with Crippen LogP contribution >= 0.6 is 11.3 Å². The van der Waals surface area contributed by atoms with Crippen molar-refractivity contribution in [3.8, 4) is 0 Å². The molecule has 1 aliphatic carbocycles. The van der Waals surface area contributed by atoms with Crippen molar-refractivity contribution in [1.82, 2.24) is 14.9 Å². The van der Waals surface area contributed by atoms with Gasteiger partial charge >= 0.3 is 0 Å². The van der Waals surface area contributed by atoms with Gasteiger partial charge in [0.05, 0.1) is 10.9 Å². The smallest absolute Gasteiger partial charge is 0.226 e. The highest BCUT2D eigenvalue weighted by Gasteiger charge is 2.30. The molecule has 1 aliphatic rings. The molecule has 1 atom stereocenters. The van der Waals surface area contributed by atoms with Gasteiger partial charge in [0.2, 0.25) is 5.91 Å². The number of amides is 1. The molecule has 0 radical (unpaired) electrons. The fourth-order valence-corrected chi connectivity index (χ4v) is 5.92. The number of rotatable bonds is 6. The highest BCUT2D eigenvalue weighted by molar-refractivity contribution is 7.19. The Morgan fingerprint density at radius 2 is 2.17 bits per heavy atom. The minimum absolute atomic E-state index is 0.0780. The van der Waals surface area contributed by atoms with Crippen LogP contribution in [0.5, 0.6) is 0 Å². The lowest BCUT2D eigenvalue weighted by molar-refractivity contribution is -0.135. The molecule has 0 bridgehead atoms. The zero-order valence-electron chi connectivity index (χ0n) is 19.3. The number of aryl methyl sites for hydroxylation is 1. The first kappa shape index (κ1) is 22.9. The molecule has 4 aromatic rings. The Balaban J connectivity index is 1.37. The van der Waals surface area contributed by atoms with E-state index in [1.807, 2.05) is 18.2 Å². The van der Waals surface area contributed by atoms with Gasteiger partial charge in [0, 0.05) is 35.8 Å². The fourth-order valence-electron chi connectivity index (χ4n) is 4.65. The van der Waals surface area contributed by atoms with Gasteiger partial charge in [-0.15, -0.1) is 11.3 Å². The lowest BCUT2D eigenvalue weighted by Gasteiger charge is -2.27. The van der Waals surface area contributed by atoms with Crippen LogP contribution in [0.25, 0.3) is 10.2 Å². The molecule has 2 aromatic heterocycles. The topological polar surface area (TPSA) is 110 Å².